The van der Waals surface area contributed by atoms with E-state index >= 15 is 0 Å². The number of nitrogens with zero attached hydrogens (tertiary/aromatic N) is 2. The Kier molecular flexibility index (Phi) is 7.70. The first kappa shape index (κ1) is 31.4. The third-order valence-corrected chi connectivity index (χ3v) is 11.8. The molecule has 0 N–H and O–H groups in total. The lowest BCUT2D eigenvalue weighted by atomic mass is 9.81. The highest BCUT2D eigenvalue weighted by Gasteiger charge is 2.35. The van der Waals surface area contributed by atoms with E-state index in [1.165, 1.54) is 70.6 Å². The molecule has 0 radical (unpaired) electrons. The second-order valence-corrected chi connectivity index (χ2v) is 14.8. The zero-order valence-electron chi connectivity index (χ0n) is 29.3. The van der Waals surface area contributed by atoms with E-state index < -0.39 is 0 Å². The van der Waals surface area contributed by atoms with Gasteiger partial charge in [-0.1, -0.05) is 109 Å². The SMILES string of the molecule is COc1ccc(C2=CC3CC(=C2)c2c(N(c4ccccc4)c4ccc5sc6ccccc6c5c4)cccc2N3c2ccc(-c3ccccc3)cc2)cc1. The molecular formula is C49H36N2OS. The van der Waals surface area contributed by atoms with Crippen LogP contribution >= 0.6 is 11.3 Å². The number of rotatable bonds is 7. The van der Waals surface area contributed by atoms with Gasteiger partial charge in [0, 0.05) is 42.8 Å². The average molecular weight is 701 g/mol. The largest absolute Gasteiger partial charge is 0.497 e. The van der Waals surface area contributed by atoms with Crippen molar-refractivity contribution in [2.75, 3.05) is 16.9 Å². The summed E-state index contributed by atoms with van der Waals surface area (Å²) in [7, 11) is 1.72. The molecule has 53 heavy (non-hydrogen) atoms. The quantitative estimate of drug-likeness (QED) is 0.165. The highest BCUT2D eigenvalue weighted by molar-refractivity contribution is 7.25. The lowest BCUT2D eigenvalue weighted by Crippen LogP contribution is -2.36. The summed E-state index contributed by atoms with van der Waals surface area (Å²) >= 11 is 1.86. The zero-order valence-corrected chi connectivity index (χ0v) is 30.1. The van der Waals surface area contributed by atoms with E-state index in [1.807, 2.05) is 11.3 Å². The normalized spacial score (nSPS) is 14.8. The molecule has 0 saturated heterocycles. The molecule has 1 aliphatic heterocycles. The Labute approximate surface area is 314 Å². The van der Waals surface area contributed by atoms with Gasteiger partial charge in [0.05, 0.1) is 24.5 Å². The fourth-order valence-electron chi connectivity index (χ4n) is 8.15. The van der Waals surface area contributed by atoms with Crippen molar-refractivity contribution in [1.29, 1.82) is 0 Å². The van der Waals surface area contributed by atoms with E-state index in [2.05, 4.69) is 192 Å². The molecule has 4 heteroatoms. The van der Waals surface area contributed by atoms with Crippen molar-refractivity contribution in [1.82, 2.24) is 0 Å². The van der Waals surface area contributed by atoms with Crippen LogP contribution in [0.1, 0.15) is 17.5 Å². The van der Waals surface area contributed by atoms with Crippen LogP contribution in [0.3, 0.4) is 0 Å². The third kappa shape index (κ3) is 5.51. The first-order valence-corrected chi connectivity index (χ1v) is 18.9. The van der Waals surface area contributed by atoms with E-state index in [1.54, 1.807) is 7.11 Å². The summed E-state index contributed by atoms with van der Waals surface area (Å²) in [6, 6.07) is 61.6. The Bertz CT molecular complexity index is 2680. The number of methoxy groups -OCH3 is 1. The lowest BCUT2D eigenvalue weighted by Gasteiger charge is -2.43. The number of ether oxygens (including phenoxy) is 1. The lowest BCUT2D eigenvalue weighted by molar-refractivity contribution is 0.415. The minimum absolute atomic E-state index is 0.149. The van der Waals surface area contributed by atoms with Crippen molar-refractivity contribution in [2.45, 2.75) is 12.5 Å². The van der Waals surface area contributed by atoms with Gasteiger partial charge in [0.25, 0.3) is 0 Å². The summed E-state index contributed by atoms with van der Waals surface area (Å²) in [6.07, 6.45) is 5.76. The second-order valence-electron chi connectivity index (χ2n) is 13.7. The average Bonchev–Trinajstić information content (AvgIpc) is 3.60. The molecule has 0 spiro atoms. The Hall–Kier alpha value is -6.36. The standard InChI is InChI=1S/C49H36N2OS/c1-52-42-26-21-35(22-27-42)36-29-37-31-41(30-36)51(39-23-19-34(20-24-39)33-11-4-2-5-12-33)46-17-10-16-45(49(37)46)50(38-13-6-3-7-14-38)40-25-28-48-44(32-40)43-15-8-9-18-47(43)53-48/h2-30,32,41H,31H2,1H3. The third-order valence-electron chi connectivity index (χ3n) is 10.6. The monoisotopic (exact) mass is 700 g/mol. The molecule has 0 amide bonds. The van der Waals surface area contributed by atoms with E-state index in [9.17, 15) is 0 Å². The summed E-state index contributed by atoms with van der Waals surface area (Å²) in [5, 5.41) is 2.59. The highest BCUT2D eigenvalue weighted by Crippen LogP contribution is 2.52. The second kappa shape index (κ2) is 13.0. The Morgan fingerprint density at radius 2 is 1.30 bits per heavy atom. The zero-order chi connectivity index (χ0) is 35.3. The molecule has 2 aliphatic rings. The van der Waals surface area contributed by atoms with Crippen LogP contribution in [0.15, 0.2) is 182 Å². The maximum atomic E-state index is 5.52. The molecule has 254 valence electrons. The van der Waals surface area contributed by atoms with Crippen LogP contribution in [0.2, 0.25) is 0 Å². The Morgan fingerprint density at radius 3 is 2.09 bits per heavy atom. The van der Waals surface area contributed by atoms with Crippen molar-refractivity contribution in [3.8, 4) is 16.9 Å². The molecule has 0 fully saturated rings. The molecule has 2 heterocycles. The molecule has 1 aliphatic carbocycles. The predicted octanol–water partition coefficient (Wildman–Crippen LogP) is 13.6. The molecule has 3 nitrogen and oxygen atoms in total. The van der Waals surface area contributed by atoms with Gasteiger partial charge in [0.1, 0.15) is 5.75 Å². The number of anilines is 5. The molecule has 1 aromatic heterocycles. The van der Waals surface area contributed by atoms with Crippen molar-refractivity contribution >= 4 is 71.1 Å². The van der Waals surface area contributed by atoms with E-state index in [-0.39, 0.29) is 6.04 Å². The van der Waals surface area contributed by atoms with Crippen LogP contribution in [0.25, 0.3) is 42.4 Å². The van der Waals surface area contributed by atoms with Crippen LogP contribution in [0.4, 0.5) is 28.4 Å². The number of hydrogen-bond donors (Lipinski definition) is 0. The molecule has 7 aromatic carbocycles. The number of benzene rings is 7. The summed E-state index contributed by atoms with van der Waals surface area (Å²) < 4.78 is 8.13. The van der Waals surface area contributed by atoms with Crippen LogP contribution in [-0.2, 0) is 0 Å². The van der Waals surface area contributed by atoms with E-state index in [0.717, 1.165) is 23.5 Å². The maximum Gasteiger partial charge on any atom is 0.118 e. The number of allylic oxidation sites excluding steroid dienone is 2. The van der Waals surface area contributed by atoms with E-state index in [0.29, 0.717) is 0 Å². The van der Waals surface area contributed by atoms with E-state index in [4.69, 9.17) is 4.74 Å². The minimum Gasteiger partial charge on any atom is -0.497 e. The van der Waals surface area contributed by atoms with Gasteiger partial charge in [-0.15, -0.1) is 11.3 Å². The number of thiophene rings is 1. The molecule has 0 saturated carbocycles. The fourth-order valence-corrected chi connectivity index (χ4v) is 9.23. The topological polar surface area (TPSA) is 15.7 Å². The highest BCUT2D eigenvalue weighted by atomic mass is 32.1. The minimum atomic E-state index is 0.149. The van der Waals surface area contributed by atoms with Gasteiger partial charge >= 0.3 is 0 Å². The molecule has 8 aromatic rings. The van der Waals surface area contributed by atoms with Crippen LogP contribution in [0.5, 0.6) is 5.75 Å². The maximum absolute atomic E-state index is 5.52. The Balaban J connectivity index is 1.18. The summed E-state index contributed by atoms with van der Waals surface area (Å²) in [6.45, 7) is 0. The van der Waals surface area contributed by atoms with Gasteiger partial charge < -0.3 is 14.5 Å². The smallest absolute Gasteiger partial charge is 0.118 e. The van der Waals surface area contributed by atoms with Crippen LogP contribution < -0.4 is 14.5 Å². The van der Waals surface area contributed by atoms with Crippen molar-refractivity contribution in [3.05, 3.63) is 193 Å². The number of fused-ring (bicyclic) bond motifs is 7. The summed E-state index contributed by atoms with van der Waals surface area (Å²) in [5.41, 5.74) is 13.3. The van der Waals surface area contributed by atoms with Gasteiger partial charge in [-0.2, -0.15) is 0 Å². The first-order valence-electron chi connectivity index (χ1n) is 18.1. The van der Waals surface area contributed by atoms with Crippen molar-refractivity contribution < 1.29 is 4.74 Å². The predicted molar refractivity (Wildman–Crippen MR) is 225 cm³/mol. The Morgan fingerprint density at radius 1 is 0.604 bits per heavy atom. The molecule has 1 atom stereocenters. The number of hydrogen-bond acceptors (Lipinski definition) is 4. The van der Waals surface area contributed by atoms with Crippen molar-refractivity contribution in [2.24, 2.45) is 0 Å². The fraction of sp³-hybridized carbons (Fsp3) is 0.0612. The number of para-hydroxylation sites is 1. The van der Waals surface area contributed by atoms with Crippen molar-refractivity contribution in [3.63, 3.8) is 0 Å². The van der Waals surface area contributed by atoms with Gasteiger partial charge in [-0.05, 0) is 107 Å². The molecule has 2 bridgehead atoms. The van der Waals surface area contributed by atoms with Gasteiger partial charge in [0.15, 0.2) is 0 Å². The molecule has 1 unspecified atom stereocenters. The van der Waals surface area contributed by atoms with Crippen LogP contribution in [-0.4, -0.2) is 13.2 Å². The summed E-state index contributed by atoms with van der Waals surface area (Å²) in [5.74, 6) is 0.861. The molecule has 10 rings (SSSR count). The van der Waals surface area contributed by atoms with Gasteiger partial charge in [-0.25, -0.2) is 0 Å². The summed E-state index contributed by atoms with van der Waals surface area (Å²) in [4.78, 5) is 5.00. The van der Waals surface area contributed by atoms with Crippen LogP contribution in [0, 0.1) is 0 Å². The first-order chi connectivity index (χ1) is 26.2. The molecular weight excluding hydrogens is 665 g/mol. The van der Waals surface area contributed by atoms with Gasteiger partial charge in [0.2, 0.25) is 0 Å². The van der Waals surface area contributed by atoms with Gasteiger partial charge in [-0.3, -0.25) is 0 Å².